The Labute approximate surface area is 106 Å². The Kier molecular flexibility index (Phi) is 4.99. The highest BCUT2D eigenvalue weighted by Crippen LogP contribution is 2.33. The third kappa shape index (κ3) is 3.21. The fourth-order valence-corrected chi connectivity index (χ4v) is 2.57. The van der Waals surface area contributed by atoms with Crippen molar-refractivity contribution in [2.75, 3.05) is 20.1 Å². The van der Waals surface area contributed by atoms with E-state index in [0.29, 0.717) is 17.9 Å². The molecule has 1 rings (SSSR count). The highest BCUT2D eigenvalue weighted by Gasteiger charge is 2.39. The lowest BCUT2D eigenvalue weighted by atomic mass is 9.74. The minimum Gasteiger partial charge on any atom is -0.343 e. The number of carbonyl (C=O) groups excluding carboxylic acids is 1. The fraction of sp³-hybridized carbons (Fsp3) is 0.929. The first-order valence-corrected chi connectivity index (χ1v) is 6.89. The quantitative estimate of drug-likeness (QED) is 0.817. The molecule has 3 heteroatoms. The maximum atomic E-state index is 12.6. The zero-order valence-electron chi connectivity index (χ0n) is 12.0. The van der Waals surface area contributed by atoms with E-state index >= 15 is 0 Å². The summed E-state index contributed by atoms with van der Waals surface area (Å²) < 4.78 is 0. The van der Waals surface area contributed by atoms with Crippen LogP contribution in [0.5, 0.6) is 0 Å². The number of carbonyl (C=O) groups is 1. The van der Waals surface area contributed by atoms with Crippen LogP contribution in [0, 0.1) is 11.3 Å². The molecule has 2 unspecified atom stereocenters. The Morgan fingerprint density at radius 2 is 2.18 bits per heavy atom. The molecule has 1 aliphatic rings. The van der Waals surface area contributed by atoms with Crippen molar-refractivity contribution in [1.29, 1.82) is 0 Å². The number of amides is 1. The lowest BCUT2D eigenvalue weighted by Gasteiger charge is -2.40. The molecule has 17 heavy (non-hydrogen) atoms. The summed E-state index contributed by atoms with van der Waals surface area (Å²) in [5.74, 6) is 0.760. The molecule has 100 valence electrons. The van der Waals surface area contributed by atoms with E-state index in [2.05, 4.69) is 33.0 Å². The number of piperidine rings is 1. The molecule has 0 aliphatic carbocycles. The summed E-state index contributed by atoms with van der Waals surface area (Å²) in [6, 6.07) is 0.332. The number of hydrogen-bond acceptors (Lipinski definition) is 2. The van der Waals surface area contributed by atoms with Crippen molar-refractivity contribution >= 4 is 5.91 Å². The lowest BCUT2D eigenvalue weighted by molar-refractivity contribution is -0.144. The van der Waals surface area contributed by atoms with Gasteiger partial charge in [0.2, 0.25) is 5.91 Å². The fourth-order valence-electron chi connectivity index (χ4n) is 2.57. The summed E-state index contributed by atoms with van der Waals surface area (Å²) in [6.45, 7) is 10.5. The van der Waals surface area contributed by atoms with E-state index in [9.17, 15) is 4.79 Å². The maximum absolute atomic E-state index is 12.6. The first-order valence-electron chi connectivity index (χ1n) is 6.89. The molecule has 1 amide bonds. The molecule has 0 aromatic carbocycles. The van der Waals surface area contributed by atoms with Crippen LogP contribution in [0.15, 0.2) is 0 Å². The summed E-state index contributed by atoms with van der Waals surface area (Å²) in [5.41, 5.74) is -0.244. The van der Waals surface area contributed by atoms with Gasteiger partial charge in [0.05, 0.1) is 0 Å². The zero-order chi connectivity index (χ0) is 13.1. The van der Waals surface area contributed by atoms with E-state index < -0.39 is 0 Å². The Bertz CT molecular complexity index is 257. The molecule has 1 N–H and O–H groups in total. The average Bonchev–Trinajstić information content (AvgIpc) is 2.37. The lowest BCUT2D eigenvalue weighted by Crippen LogP contribution is -2.49. The predicted octanol–water partition coefficient (Wildman–Crippen LogP) is 2.27. The van der Waals surface area contributed by atoms with Gasteiger partial charge in [0.25, 0.3) is 0 Å². The van der Waals surface area contributed by atoms with Gasteiger partial charge in [-0.3, -0.25) is 4.79 Å². The van der Waals surface area contributed by atoms with Gasteiger partial charge in [0, 0.05) is 18.5 Å². The number of nitrogens with zero attached hydrogens (tertiary/aromatic N) is 1. The van der Waals surface area contributed by atoms with Gasteiger partial charge in [0.15, 0.2) is 0 Å². The first-order chi connectivity index (χ1) is 7.91. The highest BCUT2D eigenvalue weighted by molar-refractivity contribution is 5.82. The molecular weight excluding hydrogens is 212 g/mol. The van der Waals surface area contributed by atoms with Gasteiger partial charge in [-0.2, -0.15) is 0 Å². The second-order valence-corrected chi connectivity index (χ2v) is 5.94. The Morgan fingerprint density at radius 3 is 2.65 bits per heavy atom. The van der Waals surface area contributed by atoms with Gasteiger partial charge in [0.1, 0.15) is 0 Å². The molecule has 3 nitrogen and oxygen atoms in total. The van der Waals surface area contributed by atoms with E-state index in [0.717, 1.165) is 19.5 Å². The standard InChI is InChI=1S/C14H28N2O/c1-6-11(2)16(5)13(17)14(3,4)12-8-7-9-15-10-12/h11-12,15H,6-10H2,1-5H3. The Morgan fingerprint density at radius 1 is 1.53 bits per heavy atom. The van der Waals surface area contributed by atoms with Gasteiger partial charge in [-0.15, -0.1) is 0 Å². The summed E-state index contributed by atoms with van der Waals surface area (Å²) >= 11 is 0. The number of nitrogens with one attached hydrogen (secondary N) is 1. The molecule has 2 atom stereocenters. The number of rotatable bonds is 4. The molecule has 0 spiro atoms. The van der Waals surface area contributed by atoms with Crippen LogP contribution in [-0.4, -0.2) is 37.0 Å². The van der Waals surface area contributed by atoms with Crippen molar-refractivity contribution in [3.8, 4) is 0 Å². The van der Waals surface area contributed by atoms with Gasteiger partial charge in [-0.05, 0) is 45.2 Å². The van der Waals surface area contributed by atoms with Gasteiger partial charge >= 0.3 is 0 Å². The van der Waals surface area contributed by atoms with Gasteiger partial charge < -0.3 is 10.2 Å². The van der Waals surface area contributed by atoms with Crippen LogP contribution in [0.25, 0.3) is 0 Å². The van der Waals surface area contributed by atoms with E-state index in [-0.39, 0.29) is 5.41 Å². The number of hydrogen-bond donors (Lipinski definition) is 1. The van der Waals surface area contributed by atoms with Crippen molar-refractivity contribution in [3.05, 3.63) is 0 Å². The zero-order valence-corrected chi connectivity index (χ0v) is 12.0. The maximum Gasteiger partial charge on any atom is 0.228 e. The minimum absolute atomic E-state index is 0.244. The van der Waals surface area contributed by atoms with E-state index in [4.69, 9.17) is 0 Å². The molecule has 1 fully saturated rings. The predicted molar refractivity (Wildman–Crippen MR) is 71.9 cm³/mol. The van der Waals surface area contributed by atoms with E-state index in [1.165, 1.54) is 12.8 Å². The van der Waals surface area contributed by atoms with Crippen LogP contribution >= 0.6 is 0 Å². The van der Waals surface area contributed by atoms with Gasteiger partial charge in [-0.1, -0.05) is 20.8 Å². The average molecular weight is 240 g/mol. The van der Waals surface area contributed by atoms with Crippen LogP contribution in [-0.2, 0) is 4.79 Å². The molecule has 0 bridgehead atoms. The molecule has 0 radical (unpaired) electrons. The molecule has 1 aliphatic heterocycles. The highest BCUT2D eigenvalue weighted by atomic mass is 16.2. The SMILES string of the molecule is CCC(C)N(C)C(=O)C(C)(C)C1CCCNC1. The molecule has 1 saturated heterocycles. The van der Waals surface area contributed by atoms with Crippen LogP contribution < -0.4 is 5.32 Å². The first kappa shape index (κ1) is 14.5. The van der Waals surface area contributed by atoms with Crippen LogP contribution in [0.4, 0.5) is 0 Å². The minimum atomic E-state index is -0.244. The van der Waals surface area contributed by atoms with Crippen molar-refractivity contribution in [3.63, 3.8) is 0 Å². The molecule has 1 heterocycles. The van der Waals surface area contributed by atoms with E-state index in [1.54, 1.807) is 0 Å². The van der Waals surface area contributed by atoms with Crippen LogP contribution in [0.2, 0.25) is 0 Å². The van der Waals surface area contributed by atoms with Crippen LogP contribution in [0.1, 0.15) is 47.0 Å². The molecular formula is C14H28N2O. The van der Waals surface area contributed by atoms with Crippen molar-refractivity contribution < 1.29 is 4.79 Å². The second kappa shape index (κ2) is 5.85. The van der Waals surface area contributed by atoms with Crippen molar-refractivity contribution in [2.45, 2.75) is 53.0 Å². The van der Waals surface area contributed by atoms with Crippen LogP contribution in [0.3, 0.4) is 0 Å². The Balaban J connectivity index is 2.70. The normalized spacial score (nSPS) is 23.2. The topological polar surface area (TPSA) is 32.3 Å². The van der Waals surface area contributed by atoms with Crippen molar-refractivity contribution in [2.24, 2.45) is 11.3 Å². The Hall–Kier alpha value is -0.570. The van der Waals surface area contributed by atoms with Gasteiger partial charge in [-0.25, -0.2) is 0 Å². The summed E-state index contributed by atoms with van der Waals surface area (Å²) in [7, 11) is 1.94. The monoisotopic (exact) mass is 240 g/mol. The smallest absolute Gasteiger partial charge is 0.228 e. The molecule has 0 aromatic heterocycles. The summed E-state index contributed by atoms with van der Waals surface area (Å²) in [5, 5.41) is 3.41. The van der Waals surface area contributed by atoms with E-state index in [1.807, 2.05) is 11.9 Å². The molecule has 0 aromatic rings. The summed E-state index contributed by atoms with van der Waals surface area (Å²) in [6.07, 6.45) is 3.37. The largest absolute Gasteiger partial charge is 0.343 e. The molecule has 0 saturated carbocycles. The summed E-state index contributed by atoms with van der Waals surface area (Å²) in [4.78, 5) is 14.5. The van der Waals surface area contributed by atoms with Crippen molar-refractivity contribution in [1.82, 2.24) is 10.2 Å². The third-order valence-electron chi connectivity index (χ3n) is 4.44. The third-order valence-corrected chi connectivity index (χ3v) is 4.44. The second-order valence-electron chi connectivity index (χ2n) is 5.94.